The lowest BCUT2D eigenvalue weighted by atomic mass is 9.98. The highest BCUT2D eigenvalue weighted by Crippen LogP contribution is 2.10. The maximum Gasteiger partial charge on any atom is 0.222 e. The molecule has 12 heavy (non-hydrogen) atoms. The van der Waals surface area contributed by atoms with Crippen LogP contribution >= 0.6 is 0 Å². The summed E-state index contributed by atoms with van der Waals surface area (Å²) in [6.45, 7) is 7.28. The molecule has 0 aromatic heterocycles. The zero-order chi connectivity index (χ0) is 9.56. The lowest BCUT2D eigenvalue weighted by Crippen LogP contribution is -2.33. The van der Waals surface area contributed by atoms with Gasteiger partial charge in [-0.15, -0.1) is 0 Å². The summed E-state index contributed by atoms with van der Waals surface area (Å²) in [4.78, 5) is 11.3. The van der Waals surface area contributed by atoms with Crippen LogP contribution in [0.5, 0.6) is 0 Å². The topological polar surface area (TPSA) is 55.1 Å². The first-order valence-corrected chi connectivity index (χ1v) is 4.55. The van der Waals surface area contributed by atoms with Crippen molar-refractivity contribution >= 4 is 5.91 Å². The molecule has 1 amide bonds. The summed E-state index contributed by atoms with van der Waals surface area (Å²) >= 11 is 0. The lowest BCUT2D eigenvalue weighted by Gasteiger charge is -2.13. The van der Waals surface area contributed by atoms with Crippen LogP contribution in [-0.2, 0) is 4.79 Å². The van der Waals surface area contributed by atoms with Gasteiger partial charge in [-0.1, -0.05) is 20.8 Å². The minimum Gasteiger partial charge on any atom is -0.355 e. The van der Waals surface area contributed by atoms with Gasteiger partial charge in [0.05, 0.1) is 0 Å². The Balaban J connectivity index is 3.61. The SMILES string of the molecule is CC(C)CC(C)C(=O)NCCN. The van der Waals surface area contributed by atoms with Crippen LogP contribution in [-0.4, -0.2) is 19.0 Å². The fourth-order valence-corrected chi connectivity index (χ4v) is 1.18. The Morgan fingerprint density at radius 3 is 2.42 bits per heavy atom. The van der Waals surface area contributed by atoms with Crippen LogP contribution in [0.1, 0.15) is 27.2 Å². The molecule has 3 nitrogen and oxygen atoms in total. The van der Waals surface area contributed by atoms with Crippen LogP contribution in [0.25, 0.3) is 0 Å². The van der Waals surface area contributed by atoms with E-state index in [1.807, 2.05) is 6.92 Å². The van der Waals surface area contributed by atoms with Crippen molar-refractivity contribution in [2.45, 2.75) is 27.2 Å². The van der Waals surface area contributed by atoms with Crippen molar-refractivity contribution in [3.8, 4) is 0 Å². The Bertz CT molecular complexity index is 134. The first-order chi connectivity index (χ1) is 5.57. The molecule has 0 aromatic rings. The van der Waals surface area contributed by atoms with Gasteiger partial charge in [-0.3, -0.25) is 4.79 Å². The van der Waals surface area contributed by atoms with Crippen molar-refractivity contribution in [3.05, 3.63) is 0 Å². The molecule has 0 saturated heterocycles. The van der Waals surface area contributed by atoms with E-state index in [0.717, 1.165) is 6.42 Å². The molecule has 0 heterocycles. The van der Waals surface area contributed by atoms with E-state index < -0.39 is 0 Å². The van der Waals surface area contributed by atoms with Crippen LogP contribution < -0.4 is 11.1 Å². The zero-order valence-corrected chi connectivity index (χ0v) is 8.26. The molecule has 1 unspecified atom stereocenters. The van der Waals surface area contributed by atoms with Gasteiger partial charge in [0.2, 0.25) is 5.91 Å². The lowest BCUT2D eigenvalue weighted by molar-refractivity contribution is -0.124. The van der Waals surface area contributed by atoms with Crippen LogP contribution in [0, 0.1) is 11.8 Å². The van der Waals surface area contributed by atoms with E-state index in [4.69, 9.17) is 5.73 Å². The zero-order valence-electron chi connectivity index (χ0n) is 8.26. The number of nitrogens with one attached hydrogen (secondary N) is 1. The van der Waals surface area contributed by atoms with Gasteiger partial charge in [-0.2, -0.15) is 0 Å². The van der Waals surface area contributed by atoms with Crippen molar-refractivity contribution in [1.29, 1.82) is 0 Å². The van der Waals surface area contributed by atoms with Crippen molar-refractivity contribution < 1.29 is 4.79 Å². The fraction of sp³-hybridized carbons (Fsp3) is 0.889. The minimum atomic E-state index is 0.108. The summed E-state index contributed by atoms with van der Waals surface area (Å²) in [5.41, 5.74) is 5.26. The summed E-state index contributed by atoms with van der Waals surface area (Å²) in [6, 6.07) is 0. The summed E-state index contributed by atoms with van der Waals surface area (Å²) in [5.74, 6) is 0.800. The van der Waals surface area contributed by atoms with Crippen molar-refractivity contribution in [3.63, 3.8) is 0 Å². The van der Waals surface area contributed by atoms with Gasteiger partial charge in [0.25, 0.3) is 0 Å². The Morgan fingerprint density at radius 2 is 2.00 bits per heavy atom. The van der Waals surface area contributed by atoms with Gasteiger partial charge in [0.1, 0.15) is 0 Å². The van der Waals surface area contributed by atoms with E-state index in [1.54, 1.807) is 0 Å². The monoisotopic (exact) mass is 172 g/mol. The molecule has 0 aliphatic heterocycles. The third kappa shape index (κ3) is 5.13. The Hall–Kier alpha value is -0.570. The van der Waals surface area contributed by atoms with Crippen molar-refractivity contribution in [1.82, 2.24) is 5.32 Å². The van der Waals surface area contributed by atoms with Gasteiger partial charge in [-0.25, -0.2) is 0 Å². The highest BCUT2D eigenvalue weighted by molar-refractivity contribution is 5.78. The second kappa shape index (κ2) is 6.00. The van der Waals surface area contributed by atoms with E-state index in [1.165, 1.54) is 0 Å². The molecule has 3 N–H and O–H groups in total. The molecule has 0 bridgehead atoms. The highest BCUT2D eigenvalue weighted by Gasteiger charge is 2.12. The highest BCUT2D eigenvalue weighted by atomic mass is 16.1. The van der Waals surface area contributed by atoms with Gasteiger partial charge in [-0.05, 0) is 12.3 Å². The van der Waals surface area contributed by atoms with Crippen LogP contribution in [0.4, 0.5) is 0 Å². The van der Waals surface area contributed by atoms with Crippen LogP contribution in [0.2, 0.25) is 0 Å². The minimum absolute atomic E-state index is 0.108. The maximum atomic E-state index is 11.3. The number of amides is 1. The maximum absolute atomic E-state index is 11.3. The van der Waals surface area contributed by atoms with Gasteiger partial charge >= 0.3 is 0 Å². The van der Waals surface area contributed by atoms with Crippen LogP contribution in [0.3, 0.4) is 0 Å². The number of carbonyl (C=O) groups is 1. The summed E-state index contributed by atoms with van der Waals surface area (Å²) in [7, 11) is 0. The molecule has 1 atom stereocenters. The molecular weight excluding hydrogens is 152 g/mol. The molecule has 3 heteroatoms. The van der Waals surface area contributed by atoms with E-state index in [2.05, 4.69) is 19.2 Å². The molecular formula is C9H20N2O. The summed E-state index contributed by atoms with van der Waals surface area (Å²) in [5, 5.41) is 2.77. The Labute approximate surface area is 74.7 Å². The van der Waals surface area contributed by atoms with Gasteiger partial charge in [0.15, 0.2) is 0 Å². The molecule has 0 aliphatic rings. The van der Waals surface area contributed by atoms with Gasteiger partial charge < -0.3 is 11.1 Å². The first-order valence-electron chi connectivity index (χ1n) is 4.55. The van der Waals surface area contributed by atoms with E-state index in [0.29, 0.717) is 19.0 Å². The Kier molecular flexibility index (Phi) is 5.72. The predicted molar refractivity (Wildman–Crippen MR) is 50.7 cm³/mol. The van der Waals surface area contributed by atoms with E-state index in [-0.39, 0.29) is 11.8 Å². The smallest absolute Gasteiger partial charge is 0.222 e. The second-order valence-electron chi connectivity index (χ2n) is 3.61. The predicted octanol–water partition coefficient (Wildman–Crippen LogP) is 0.744. The van der Waals surface area contributed by atoms with Crippen molar-refractivity contribution in [2.75, 3.05) is 13.1 Å². The number of hydrogen-bond donors (Lipinski definition) is 2. The molecule has 0 saturated carbocycles. The molecule has 0 aliphatic carbocycles. The van der Waals surface area contributed by atoms with E-state index >= 15 is 0 Å². The molecule has 72 valence electrons. The normalized spacial score (nSPS) is 13.1. The third-order valence-corrected chi connectivity index (χ3v) is 1.72. The standard InChI is InChI=1S/C9H20N2O/c1-7(2)6-8(3)9(12)11-5-4-10/h7-8H,4-6,10H2,1-3H3,(H,11,12). The quantitative estimate of drug-likeness (QED) is 0.642. The second-order valence-corrected chi connectivity index (χ2v) is 3.61. The van der Waals surface area contributed by atoms with Gasteiger partial charge in [0, 0.05) is 19.0 Å². The number of carbonyl (C=O) groups excluding carboxylic acids is 1. The number of hydrogen-bond acceptors (Lipinski definition) is 2. The first kappa shape index (κ1) is 11.4. The summed E-state index contributed by atoms with van der Waals surface area (Å²) < 4.78 is 0. The number of rotatable bonds is 5. The third-order valence-electron chi connectivity index (χ3n) is 1.72. The molecule has 0 rings (SSSR count). The van der Waals surface area contributed by atoms with Crippen molar-refractivity contribution in [2.24, 2.45) is 17.6 Å². The Morgan fingerprint density at radius 1 is 1.42 bits per heavy atom. The molecule has 0 spiro atoms. The molecule has 0 radical (unpaired) electrons. The summed E-state index contributed by atoms with van der Waals surface area (Å²) in [6.07, 6.45) is 0.941. The van der Waals surface area contributed by atoms with Crippen LogP contribution in [0.15, 0.2) is 0 Å². The number of nitrogens with two attached hydrogens (primary N) is 1. The molecule has 0 aromatic carbocycles. The fourth-order valence-electron chi connectivity index (χ4n) is 1.18. The average molecular weight is 172 g/mol. The largest absolute Gasteiger partial charge is 0.355 e. The van der Waals surface area contributed by atoms with E-state index in [9.17, 15) is 4.79 Å². The molecule has 0 fully saturated rings. The average Bonchev–Trinajstić information content (AvgIpc) is 1.98.